The number of carbonyl (C=O) groups is 2. The van der Waals surface area contributed by atoms with Crippen LogP contribution in [0.25, 0.3) is 0 Å². The van der Waals surface area contributed by atoms with E-state index >= 15 is 0 Å². The maximum absolute atomic E-state index is 13.4. The molecule has 0 N–H and O–H groups in total. The molecule has 34 heavy (non-hydrogen) atoms. The lowest BCUT2D eigenvalue weighted by molar-refractivity contribution is 0.0714. The van der Waals surface area contributed by atoms with Crippen LogP contribution in [0.5, 0.6) is 11.5 Å². The van der Waals surface area contributed by atoms with Crippen LogP contribution < -0.4 is 9.47 Å². The van der Waals surface area contributed by atoms with E-state index in [9.17, 15) is 9.59 Å². The number of hydrogen-bond acceptors (Lipinski definition) is 6. The summed E-state index contributed by atoms with van der Waals surface area (Å²) in [6, 6.07) is 14.4. The monoisotopic (exact) mass is 463 g/mol. The number of para-hydroxylation sites is 2. The van der Waals surface area contributed by atoms with Gasteiger partial charge in [-0.05, 0) is 44.5 Å². The molecule has 1 aromatic heterocycles. The summed E-state index contributed by atoms with van der Waals surface area (Å²) in [5.74, 6) is 1.57. The van der Waals surface area contributed by atoms with Crippen molar-refractivity contribution in [2.24, 2.45) is 0 Å². The first-order valence-corrected chi connectivity index (χ1v) is 11.3. The van der Waals surface area contributed by atoms with Gasteiger partial charge in [-0.3, -0.25) is 9.59 Å². The third kappa shape index (κ3) is 4.90. The molecule has 0 spiro atoms. The molecular weight excluding hydrogens is 434 g/mol. The summed E-state index contributed by atoms with van der Waals surface area (Å²) < 4.78 is 16.6. The Labute approximate surface area is 199 Å². The molecule has 2 aromatic carbocycles. The van der Waals surface area contributed by atoms with Crippen molar-refractivity contribution in [1.82, 2.24) is 15.0 Å². The van der Waals surface area contributed by atoms with Crippen LogP contribution in [0.3, 0.4) is 0 Å². The highest BCUT2D eigenvalue weighted by molar-refractivity contribution is 5.98. The van der Waals surface area contributed by atoms with E-state index in [0.717, 1.165) is 11.3 Å². The highest BCUT2D eigenvalue weighted by atomic mass is 16.5. The highest BCUT2D eigenvalue weighted by Gasteiger charge is 2.26. The Balaban J connectivity index is 1.45. The standard InChI is InChI=1S/C26H29N3O5/c1-18-22(19(2)34-27-18)17-33-24-12-7-5-10-21(24)26(31)29-14-8-13-28(15-16-29)25(30)20-9-4-6-11-23(20)32-3/h4-7,9-12H,8,13-17H2,1-3H3. The molecule has 2 heterocycles. The van der Waals surface area contributed by atoms with Crippen molar-refractivity contribution in [1.29, 1.82) is 0 Å². The molecule has 0 atom stereocenters. The van der Waals surface area contributed by atoms with Gasteiger partial charge in [-0.15, -0.1) is 0 Å². The number of hydrogen-bond donors (Lipinski definition) is 0. The minimum Gasteiger partial charge on any atom is -0.496 e. The minimum atomic E-state index is -0.110. The van der Waals surface area contributed by atoms with Crippen LogP contribution in [0, 0.1) is 13.8 Å². The third-order valence-electron chi connectivity index (χ3n) is 6.08. The van der Waals surface area contributed by atoms with E-state index in [2.05, 4.69) is 5.16 Å². The Hall–Kier alpha value is -3.81. The lowest BCUT2D eigenvalue weighted by Crippen LogP contribution is -2.37. The fourth-order valence-corrected chi connectivity index (χ4v) is 4.11. The Morgan fingerprint density at radius 3 is 2.00 bits per heavy atom. The van der Waals surface area contributed by atoms with Crippen LogP contribution in [0.1, 0.15) is 44.2 Å². The van der Waals surface area contributed by atoms with E-state index < -0.39 is 0 Å². The van der Waals surface area contributed by atoms with Crippen LogP contribution >= 0.6 is 0 Å². The third-order valence-corrected chi connectivity index (χ3v) is 6.08. The van der Waals surface area contributed by atoms with Crippen molar-refractivity contribution >= 4 is 11.8 Å². The highest BCUT2D eigenvalue weighted by Crippen LogP contribution is 2.24. The van der Waals surface area contributed by atoms with Crippen molar-refractivity contribution in [2.45, 2.75) is 26.9 Å². The fourth-order valence-electron chi connectivity index (χ4n) is 4.11. The molecule has 0 bridgehead atoms. The SMILES string of the molecule is COc1ccccc1C(=O)N1CCCN(C(=O)c2ccccc2OCc2c(C)noc2C)CC1. The second-order valence-corrected chi connectivity index (χ2v) is 8.23. The van der Waals surface area contributed by atoms with E-state index in [4.69, 9.17) is 14.0 Å². The number of amides is 2. The van der Waals surface area contributed by atoms with Gasteiger partial charge in [0.05, 0.1) is 29.5 Å². The van der Waals surface area contributed by atoms with Crippen LogP contribution in [0.4, 0.5) is 0 Å². The number of methoxy groups -OCH3 is 1. The van der Waals surface area contributed by atoms with Gasteiger partial charge < -0.3 is 23.8 Å². The van der Waals surface area contributed by atoms with Gasteiger partial charge in [-0.25, -0.2) is 0 Å². The summed E-state index contributed by atoms with van der Waals surface area (Å²) in [4.78, 5) is 30.1. The predicted molar refractivity (Wildman–Crippen MR) is 126 cm³/mol. The van der Waals surface area contributed by atoms with Gasteiger partial charge in [-0.2, -0.15) is 0 Å². The first-order valence-electron chi connectivity index (χ1n) is 11.3. The first-order chi connectivity index (χ1) is 16.5. The Morgan fingerprint density at radius 2 is 1.44 bits per heavy atom. The van der Waals surface area contributed by atoms with Crippen molar-refractivity contribution in [3.8, 4) is 11.5 Å². The molecule has 1 saturated heterocycles. The van der Waals surface area contributed by atoms with Gasteiger partial charge in [0.15, 0.2) is 0 Å². The van der Waals surface area contributed by atoms with Gasteiger partial charge in [0.1, 0.15) is 23.9 Å². The minimum absolute atomic E-state index is 0.0880. The van der Waals surface area contributed by atoms with Gasteiger partial charge in [0.25, 0.3) is 11.8 Å². The molecule has 8 heteroatoms. The molecule has 0 saturated carbocycles. The van der Waals surface area contributed by atoms with E-state index in [1.165, 1.54) is 0 Å². The van der Waals surface area contributed by atoms with E-state index in [-0.39, 0.29) is 18.4 Å². The summed E-state index contributed by atoms with van der Waals surface area (Å²) in [6.45, 7) is 6.00. The van der Waals surface area contributed by atoms with Gasteiger partial charge in [0, 0.05) is 26.2 Å². The van der Waals surface area contributed by atoms with Gasteiger partial charge >= 0.3 is 0 Å². The zero-order valence-corrected chi connectivity index (χ0v) is 19.7. The van der Waals surface area contributed by atoms with Crippen molar-refractivity contribution in [2.75, 3.05) is 33.3 Å². The average molecular weight is 464 g/mol. The zero-order chi connectivity index (χ0) is 24.1. The Bertz CT molecular complexity index is 1150. The van der Waals surface area contributed by atoms with E-state index in [1.54, 1.807) is 41.2 Å². The summed E-state index contributed by atoms with van der Waals surface area (Å²) in [5.41, 5.74) is 2.68. The molecule has 8 nitrogen and oxygen atoms in total. The molecule has 4 rings (SSSR count). The van der Waals surface area contributed by atoms with Crippen molar-refractivity contribution < 1.29 is 23.6 Å². The Morgan fingerprint density at radius 1 is 0.882 bits per heavy atom. The van der Waals surface area contributed by atoms with Crippen molar-refractivity contribution in [3.63, 3.8) is 0 Å². The molecule has 0 radical (unpaired) electrons. The van der Waals surface area contributed by atoms with Crippen molar-refractivity contribution in [3.05, 3.63) is 76.7 Å². The predicted octanol–water partition coefficient (Wildman–Crippen LogP) is 3.87. The smallest absolute Gasteiger partial charge is 0.257 e. The number of nitrogens with zero attached hydrogens (tertiary/aromatic N) is 3. The molecule has 0 aliphatic carbocycles. The summed E-state index contributed by atoms with van der Waals surface area (Å²) in [7, 11) is 1.56. The van der Waals surface area contributed by atoms with Gasteiger partial charge in [-0.1, -0.05) is 29.4 Å². The number of rotatable bonds is 6. The molecule has 0 unspecified atom stereocenters. The maximum Gasteiger partial charge on any atom is 0.257 e. The second-order valence-electron chi connectivity index (χ2n) is 8.23. The molecule has 1 aliphatic heterocycles. The number of carbonyl (C=O) groups excluding carboxylic acids is 2. The summed E-state index contributed by atoms with van der Waals surface area (Å²) >= 11 is 0. The maximum atomic E-state index is 13.4. The van der Waals surface area contributed by atoms with Crippen LogP contribution in [-0.2, 0) is 6.61 Å². The summed E-state index contributed by atoms with van der Waals surface area (Å²) in [5, 5.41) is 3.95. The molecule has 1 aliphatic rings. The largest absolute Gasteiger partial charge is 0.496 e. The molecule has 1 fully saturated rings. The second kappa shape index (κ2) is 10.4. The molecule has 178 valence electrons. The zero-order valence-electron chi connectivity index (χ0n) is 19.7. The molecule has 2 amide bonds. The van der Waals surface area contributed by atoms with Crippen LogP contribution in [0.15, 0.2) is 53.1 Å². The number of ether oxygens (including phenoxy) is 2. The average Bonchev–Trinajstić information content (AvgIpc) is 3.04. The normalized spacial score (nSPS) is 14.0. The topological polar surface area (TPSA) is 85.1 Å². The first kappa shape index (κ1) is 23.4. The van der Waals surface area contributed by atoms with Crippen LogP contribution in [-0.4, -0.2) is 60.1 Å². The lowest BCUT2D eigenvalue weighted by atomic mass is 10.1. The molecular formula is C26H29N3O5. The Kier molecular flexibility index (Phi) is 7.15. The number of aromatic nitrogens is 1. The lowest BCUT2D eigenvalue weighted by Gasteiger charge is -2.23. The van der Waals surface area contributed by atoms with Crippen LogP contribution in [0.2, 0.25) is 0 Å². The van der Waals surface area contributed by atoms with Gasteiger partial charge in [0.2, 0.25) is 0 Å². The number of benzene rings is 2. The molecule has 3 aromatic rings. The van der Waals surface area contributed by atoms with E-state index in [0.29, 0.717) is 61.0 Å². The quantitative estimate of drug-likeness (QED) is 0.552. The summed E-state index contributed by atoms with van der Waals surface area (Å²) in [6.07, 6.45) is 0.689. The number of aryl methyl sites for hydroxylation is 2. The van der Waals surface area contributed by atoms with E-state index in [1.807, 2.05) is 38.1 Å². The fraction of sp³-hybridized carbons (Fsp3) is 0.346.